The Bertz CT molecular complexity index is 102. The van der Waals surface area contributed by atoms with E-state index in [9.17, 15) is 4.79 Å². The van der Waals surface area contributed by atoms with E-state index in [1.54, 1.807) is 6.92 Å². The summed E-state index contributed by atoms with van der Waals surface area (Å²) in [5.41, 5.74) is 10.6. The molecule has 0 saturated heterocycles. The molecule has 40 valence electrons. The van der Waals surface area contributed by atoms with E-state index in [1.807, 2.05) is 0 Å². The molecular formula is C4H8N2O. The quantitative estimate of drug-likeness (QED) is 0.339. The first kappa shape index (κ1) is 6.01. The van der Waals surface area contributed by atoms with Crippen molar-refractivity contribution >= 4 is 6.29 Å². The van der Waals surface area contributed by atoms with Crippen molar-refractivity contribution in [2.75, 3.05) is 0 Å². The molecule has 0 atom stereocenters. The molecule has 0 rings (SSSR count). The molecule has 0 aliphatic heterocycles. The Morgan fingerprint density at radius 3 is 2.00 bits per heavy atom. The van der Waals surface area contributed by atoms with Gasteiger partial charge >= 0.3 is 0 Å². The zero-order valence-electron chi connectivity index (χ0n) is 4.14. The zero-order valence-corrected chi connectivity index (χ0v) is 4.14. The second-order valence-electron chi connectivity index (χ2n) is 1.26. The van der Waals surface area contributed by atoms with Crippen LogP contribution < -0.4 is 11.5 Å². The lowest BCUT2D eigenvalue weighted by atomic mass is 10.4. The topological polar surface area (TPSA) is 69.1 Å². The molecule has 0 aromatic heterocycles. The fourth-order valence-electron chi connectivity index (χ4n) is 0.0929. The number of nitrogens with two attached hydrogens (primary N) is 2. The Morgan fingerprint density at radius 1 is 1.57 bits per heavy atom. The predicted octanol–water partition coefficient (Wildman–Crippen LogP) is -0.666. The van der Waals surface area contributed by atoms with E-state index >= 15 is 0 Å². The van der Waals surface area contributed by atoms with Gasteiger partial charge in [0.25, 0.3) is 0 Å². The van der Waals surface area contributed by atoms with Gasteiger partial charge < -0.3 is 11.5 Å². The average Bonchev–Trinajstić information content (AvgIpc) is 1.65. The largest absolute Gasteiger partial charge is 0.401 e. The first-order valence-electron chi connectivity index (χ1n) is 1.85. The van der Waals surface area contributed by atoms with Gasteiger partial charge in [0.05, 0.1) is 5.70 Å². The molecule has 7 heavy (non-hydrogen) atoms. The number of allylic oxidation sites excluding steroid dienone is 2. The first-order valence-corrected chi connectivity index (χ1v) is 1.85. The van der Waals surface area contributed by atoms with Crippen LogP contribution >= 0.6 is 0 Å². The van der Waals surface area contributed by atoms with Crippen molar-refractivity contribution in [3.8, 4) is 0 Å². The molecule has 0 unspecified atom stereocenters. The van der Waals surface area contributed by atoms with Gasteiger partial charge in [-0.25, -0.2) is 0 Å². The summed E-state index contributed by atoms with van der Waals surface area (Å²) in [6.45, 7) is 1.57. The van der Waals surface area contributed by atoms with Gasteiger partial charge in [-0.05, 0) is 6.92 Å². The Labute approximate surface area is 42.0 Å². The van der Waals surface area contributed by atoms with Crippen molar-refractivity contribution in [3.63, 3.8) is 0 Å². The molecule has 0 fully saturated rings. The normalized spacial score (nSPS) is 12.7. The third-order valence-electron chi connectivity index (χ3n) is 0.582. The molecule has 4 N–H and O–H groups in total. The van der Waals surface area contributed by atoms with Crippen LogP contribution in [0.2, 0.25) is 0 Å². The van der Waals surface area contributed by atoms with Crippen molar-refractivity contribution in [2.45, 2.75) is 6.92 Å². The molecule has 0 aliphatic carbocycles. The van der Waals surface area contributed by atoms with E-state index < -0.39 is 0 Å². The molecule has 0 saturated carbocycles. The van der Waals surface area contributed by atoms with Crippen LogP contribution in [0.5, 0.6) is 0 Å². The zero-order chi connectivity index (χ0) is 5.86. The van der Waals surface area contributed by atoms with Crippen LogP contribution in [0.1, 0.15) is 6.92 Å². The summed E-state index contributed by atoms with van der Waals surface area (Å²) in [7, 11) is 0. The molecule has 0 aromatic carbocycles. The molecule has 0 aliphatic rings. The van der Waals surface area contributed by atoms with Crippen LogP contribution in [0, 0.1) is 0 Å². The number of hydrogen-bond acceptors (Lipinski definition) is 3. The van der Waals surface area contributed by atoms with E-state index in [1.165, 1.54) is 0 Å². The van der Waals surface area contributed by atoms with Crippen LogP contribution in [0.3, 0.4) is 0 Å². The van der Waals surface area contributed by atoms with Crippen LogP contribution in [0.25, 0.3) is 0 Å². The van der Waals surface area contributed by atoms with E-state index in [4.69, 9.17) is 11.5 Å². The summed E-state index contributed by atoms with van der Waals surface area (Å²) >= 11 is 0. The Hall–Kier alpha value is -0.990. The molecule has 0 heterocycles. The monoisotopic (exact) mass is 100 g/mol. The third kappa shape index (κ3) is 1.81. The lowest BCUT2D eigenvalue weighted by molar-refractivity contribution is -0.105. The Balaban J connectivity index is 3.98. The molecule has 0 spiro atoms. The van der Waals surface area contributed by atoms with Gasteiger partial charge in [-0.3, -0.25) is 4.79 Å². The standard InChI is InChI=1S/C4H8N2O/c1-3(5)4(6)2-7/h2H,5-6H2,1H3. The lowest BCUT2D eigenvalue weighted by Gasteiger charge is -1.88. The second kappa shape index (κ2) is 2.23. The summed E-state index contributed by atoms with van der Waals surface area (Å²) in [4.78, 5) is 9.68. The number of hydrogen-bond donors (Lipinski definition) is 2. The molecule has 0 radical (unpaired) electrons. The molecule has 0 aromatic rings. The minimum atomic E-state index is 0.111. The molecule has 0 bridgehead atoms. The number of carbonyl (C=O) groups excluding carboxylic acids is 1. The molecular weight excluding hydrogens is 92.1 g/mol. The summed E-state index contributed by atoms with van der Waals surface area (Å²) in [5.74, 6) is 0. The SMILES string of the molecule is CC(N)=C(N)C=O. The Kier molecular flexibility index (Phi) is 1.91. The summed E-state index contributed by atoms with van der Waals surface area (Å²) in [6, 6.07) is 0. The van der Waals surface area contributed by atoms with Crippen molar-refractivity contribution in [3.05, 3.63) is 11.4 Å². The summed E-state index contributed by atoms with van der Waals surface area (Å²) < 4.78 is 0. The minimum Gasteiger partial charge on any atom is -0.401 e. The van der Waals surface area contributed by atoms with Crippen LogP contribution in [0.15, 0.2) is 11.4 Å². The van der Waals surface area contributed by atoms with E-state index in [-0.39, 0.29) is 5.70 Å². The average molecular weight is 100 g/mol. The highest BCUT2D eigenvalue weighted by Gasteiger charge is 1.84. The predicted molar refractivity (Wildman–Crippen MR) is 27.1 cm³/mol. The van der Waals surface area contributed by atoms with Gasteiger partial charge in [0, 0.05) is 5.70 Å². The smallest absolute Gasteiger partial charge is 0.167 e. The fourth-order valence-corrected chi connectivity index (χ4v) is 0.0929. The molecule has 0 amide bonds. The maximum absolute atomic E-state index is 9.68. The number of aldehydes is 1. The van der Waals surface area contributed by atoms with Crippen LogP contribution in [-0.4, -0.2) is 6.29 Å². The fraction of sp³-hybridized carbons (Fsp3) is 0.250. The molecule has 3 heteroatoms. The van der Waals surface area contributed by atoms with Crippen molar-refractivity contribution in [1.82, 2.24) is 0 Å². The van der Waals surface area contributed by atoms with Crippen molar-refractivity contribution in [1.29, 1.82) is 0 Å². The van der Waals surface area contributed by atoms with Crippen LogP contribution in [0.4, 0.5) is 0 Å². The summed E-state index contributed by atoms with van der Waals surface area (Å²) in [5, 5.41) is 0. The van der Waals surface area contributed by atoms with Gasteiger partial charge in [-0.2, -0.15) is 0 Å². The molecule has 3 nitrogen and oxygen atoms in total. The Morgan fingerprint density at radius 2 is 2.00 bits per heavy atom. The first-order chi connectivity index (χ1) is 3.18. The van der Waals surface area contributed by atoms with E-state index in [0.717, 1.165) is 0 Å². The van der Waals surface area contributed by atoms with Gasteiger partial charge in [-0.15, -0.1) is 0 Å². The highest BCUT2D eigenvalue weighted by atomic mass is 16.1. The highest BCUT2D eigenvalue weighted by Crippen LogP contribution is 1.80. The third-order valence-corrected chi connectivity index (χ3v) is 0.582. The van der Waals surface area contributed by atoms with Crippen molar-refractivity contribution in [2.24, 2.45) is 11.5 Å². The lowest BCUT2D eigenvalue weighted by Crippen LogP contribution is -2.07. The maximum atomic E-state index is 9.68. The van der Waals surface area contributed by atoms with Gasteiger partial charge in [0.1, 0.15) is 0 Å². The van der Waals surface area contributed by atoms with Gasteiger partial charge in [-0.1, -0.05) is 0 Å². The van der Waals surface area contributed by atoms with Gasteiger partial charge in [0.2, 0.25) is 0 Å². The van der Waals surface area contributed by atoms with E-state index in [2.05, 4.69) is 0 Å². The van der Waals surface area contributed by atoms with Crippen molar-refractivity contribution < 1.29 is 4.79 Å². The number of rotatable bonds is 1. The van der Waals surface area contributed by atoms with Gasteiger partial charge in [0.15, 0.2) is 6.29 Å². The van der Waals surface area contributed by atoms with Crippen LogP contribution in [-0.2, 0) is 4.79 Å². The summed E-state index contributed by atoms with van der Waals surface area (Å²) in [6.07, 6.45) is 0.523. The maximum Gasteiger partial charge on any atom is 0.167 e. The number of carbonyl (C=O) groups is 1. The minimum absolute atomic E-state index is 0.111. The van der Waals surface area contributed by atoms with E-state index in [0.29, 0.717) is 12.0 Å². The highest BCUT2D eigenvalue weighted by molar-refractivity contribution is 5.72. The second-order valence-corrected chi connectivity index (χ2v) is 1.26.